The molecule has 0 aliphatic heterocycles. The fraction of sp³-hybridized carbons (Fsp3) is 0.0500. The van der Waals surface area contributed by atoms with Crippen LogP contribution in [0.25, 0.3) is 11.1 Å². The van der Waals surface area contributed by atoms with Crippen molar-refractivity contribution >= 4 is 11.8 Å². The molecule has 0 unspecified atom stereocenters. The number of amides is 1. The molecular weight excluding hydrogens is 318 g/mol. The summed E-state index contributed by atoms with van der Waals surface area (Å²) in [6, 6.07) is 21.0. The van der Waals surface area contributed by atoms with Gasteiger partial charge in [-0.25, -0.2) is 4.79 Å². The first-order valence-electron chi connectivity index (χ1n) is 7.66. The highest BCUT2D eigenvalue weighted by atomic mass is 16.6. The first kappa shape index (κ1) is 16.4. The molecule has 0 aromatic heterocycles. The van der Waals surface area contributed by atoms with Gasteiger partial charge in [0.1, 0.15) is 17.2 Å². The Labute approximate surface area is 145 Å². The lowest BCUT2D eigenvalue weighted by atomic mass is 10.1. The molecule has 3 aromatic rings. The molecule has 3 rings (SSSR count). The maximum absolute atomic E-state index is 11.9. The second-order valence-electron chi connectivity index (χ2n) is 5.31. The molecule has 3 aromatic carbocycles. The lowest BCUT2D eigenvalue weighted by Gasteiger charge is -2.08. The minimum absolute atomic E-state index is 0.221. The van der Waals surface area contributed by atoms with E-state index in [1.165, 1.54) is 0 Å². The quantitative estimate of drug-likeness (QED) is 0.726. The number of phenolic OH excluding ortho intramolecular Hbond substituents is 1. The van der Waals surface area contributed by atoms with E-state index in [4.69, 9.17) is 9.47 Å². The van der Waals surface area contributed by atoms with Crippen LogP contribution in [0, 0.1) is 0 Å². The average molecular weight is 335 g/mol. The third kappa shape index (κ3) is 4.29. The second-order valence-corrected chi connectivity index (χ2v) is 5.31. The summed E-state index contributed by atoms with van der Waals surface area (Å²) in [5, 5.41) is 12.0. The molecule has 5 nitrogen and oxygen atoms in total. The van der Waals surface area contributed by atoms with Crippen molar-refractivity contribution < 1.29 is 19.4 Å². The van der Waals surface area contributed by atoms with Gasteiger partial charge in [0.25, 0.3) is 0 Å². The number of hydrogen-bond acceptors (Lipinski definition) is 4. The number of carbonyl (C=O) groups is 1. The highest BCUT2D eigenvalue weighted by molar-refractivity contribution is 5.86. The van der Waals surface area contributed by atoms with Crippen molar-refractivity contribution in [2.45, 2.75) is 0 Å². The number of methoxy groups -OCH3 is 1. The maximum Gasteiger partial charge on any atom is 0.417 e. The predicted molar refractivity (Wildman–Crippen MR) is 96.2 cm³/mol. The topological polar surface area (TPSA) is 67.8 Å². The van der Waals surface area contributed by atoms with E-state index in [9.17, 15) is 9.90 Å². The van der Waals surface area contributed by atoms with Gasteiger partial charge < -0.3 is 14.6 Å². The summed E-state index contributed by atoms with van der Waals surface area (Å²) in [5.74, 6) is 1.37. The molecule has 0 radical (unpaired) electrons. The van der Waals surface area contributed by atoms with Crippen molar-refractivity contribution in [3.05, 3.63) is 72.8 Å². The van der Waals surface area contributed by atoms with E-state index in [1.54, 1.807) is 55.6 Å². The van der Waals surface area contributed by atoms with Gasteiger partial charge in [0.2, 0.25) is 0 Å². The van der Waals surface area contributed by atoms with Crippen molar-refractivity contribution in [2.24, 2.45) is 0 Å². The number of rotatable bonds is 4. The minimum Gasteiger partial charge on any atom is -0.508 e. The van der Waals surface area contributed by atoms with Crippen molar-refractivity contribution in [2.75, 3.05) is 12.4 Å². The van der Waals surface area contributed by atoms with Crippen LogP contribution in [0.3, 0.4) is 0 Å². The third-order valence-corrected chi connectivity index (χ3v) is 3.60. The summed E-state index contributed by atoms with van der Waals surface area (Å²) >= 11 is 0. The SMILES string of the molecule is COc1ccc(NC(=O)Oc2ccc(-c3ccc(O)cc3)cc2)cc1. The molecule has 0 saturated heterocycles. The van der Waals surface area contributed by atoms with Crippen molar-refractivity contribution in [3.8, 4) is 28.4 Å². The Balaban J connectivity index is 1.62. The summed E-state index contributed by atoms with van der Waals surface area (Å²) in [6.45, 7) is 0. The van der Waals surface area contributed by atoms with E-state index in [2.05, 4.69) is 5.32 Å². The van der Waals surface area contributed by atoms with Gasteiger partial charge in [-0.15, -0.1) is 0 Å². The first-order chi connectivity index (χ1) is 12.1. The third-order valence-electron chi connectivity index (χ3n) is 3.60. The van der Waals surface area contributed by atoms with Crippen molar-refractivity contribution in [1.82, 2.24) is 0 Å². The Hall–Kier alpha value is -3.47. The Morgan fingerprint density at radius 1 is 0.800 bits per heavy atom. The molecule has 0 aliphatic rings. The fourth-order valence-electron chi connectivity index (χ4n) is 2.29. The van der Waals surface area contributed by atoms with Crippen molar-refractivity contribution in [1.29, 1.82) is 0 Å². The van der Waals surface area contributed by atoms with Crippen LogP contribution < -0.4 is 14.8 Å². The van der Waals surface area contributed by atoms with Crippen LogP contribution in [-0.4, -0.2) is 18.3 Å². The highest BCUT2D eigenvalue weighted by Gasteiger charge is 2.06. The molecule has 0 bridgehead atoms. The fourth-order valence-corrected chi connectivity index (χ4v) is 2.29. The molecule has 0 heterocycles. The standard InChI is InChI=1S/C20H17NO4/c1-24-18-12-6-16(7-13-18)21-20(23)25-19-10-4-15(5-11-19)14-2-8-17(22)9-3-14/h2-13,22H,1H3,(H,21,23). The molecule has 1 amide bonds. The normalized spacial score (nSPS) is 10.1. The Kier molecular flexibility index (Phi) is 4.85. The molecule has 2 N–H and O–H groups in total. The van der Waals surface area contributed by atoms with Crippen LogP contribution in [0.2, 0.25) is 0 Å². The van der Waals surface area contributed by atoms with Gasteiger partial charge in [0.05, 0.1) is 7.11 Å². The molecule has 0 fully saturated rings. The molecular formula is C20H17NO4. The van der Waals surface area contributed by atoms with Crippen LogP contribution in [0.5, 0.6) is 17.2 Å². The van der Waals surface area contributed by atoms with Gasteiger partial charge in [-0.05, 0) is 59.7 Å². The first-order valence-corrected chi connectivity index (χ1v) is 7.66. The minimum atomic E-state index is -0.567. The molecule has 5 heteroatoms. The van der Waals surface area contributed by atoms with Crippen LogP contribution in [-0.2, 0) is 0 Å². The van der Waals surface area contributed by atoms with Crippen LogP contribution in [0.1, 0.15) is 0 Å². The number of anilines is 1. The highest BCUT2D eigenvalue weighted by Crippen LogP contribution is 2.24. The summed E-state index contributed by atoms with van der Waals surface area (Å²) in [4.78, 5) is 11.9. The Bertz CT molecular complexity index is 840. The maximum atomic E-state index is 11.9. The van der Waals surface area contributed by atoms with Gasteiger partial charge in [0.15, 0.2) is 0 Å². The summed E-state index contributed by atoms with van der Waals surface area (Å²) in [5.41, 5.74) is 2.54. The lowest BCUT2D eigenvalue weighted by Crippen LogP contribution is -2.16. The molecule has 0 atom stereocenters. The number of aromatic hydroxyl groups is 1. The largest absolute Gasteiger partial charge is 0.508 e. The van der Waals surface area contributed by atoms with Gasteiger partial charge in [-0.3, -0.25) is 5.32 Å². The van der Waals surface area contributed by atoms with Gasteiger partial charge in [-0.1, -0.05) is 24.3 Å². The van der Waals surface area contributed by atoms with E-state index in [0.29, 0.717) is 17.2 Å². The number of ether oxygens (including phenoxy) is 2. The monoisotopic (exact) mass is 335 g/mol. The average Bonchev–Trinajstić information content (AvgIpc) is 2.64. The molecule has 126 valence electrons. The van der Waals surface area contributed by atoms with Gasteiger partial charge >= 0.3 is 6.09 Å². The number of nitrogens with one attached hydrogen (secondary N) is 1. The van der Waals surface area contributed by atoms with E-state index >= 15 is 0 Å². The van der Waals surface area contributed by atoms with E-state index in [1.807, 2.05) is 24.3 Å². The molecule has 0 spiro atoms. The Morgan fingerprint density at radius 2 is 1.32 bits per heavy atom. The van der Waals surface area contributed by atoms with Gasteiger partial charge in [-0.2, -0.15) is 0 Å². The molecule has 0 saturated carbocycles. The summed E-state index contributed by atoms with van der Waals surface area (Å²) < 4.78 is 10.3. The number of benzene rings is 3. The second kappa shape index (κ2) is 7.40. The Morgan fingerprint density at radius 3 is 1.88 bits per heavy atom. The van der Waals surface area contributed by atoms with Crippen LogP contribution in [0.4, 0.5) is 10.5 Å². The van der Waals surface area contributed by atoms with E-state index in [0.717, 1.165) is 11.1 Å². The smallest absolute Gasteiger partial charge is 0.417 e. The summed E-state index contributed by atoms with van der Waals surface area (Å²) in [6.07, 6.45) is -0.567. The zero-order valence-electron chi connectivity index (χ0n) is 13.6. The lowest BCUT2D eigenvalue weighted by molar-refractivity contribution is 0.215. The van der Waals surface area contributed by atoms with Crippen molar-refractivity contribution in [3.63, 3.8) is 0 Å². The number of phenols is 1. The van der Waals surface area contributed by atoms with Gasteiger partial charge in [0, 0.05) is 5.69 Å². The predicted octanol–water partition coefficient (Wildman–Crippen LogP) is 4.68. The molecule has 25 heavy (non-hydrogen) atoms. The molecule has 0 aliphatic carbocycles. The zero-order chi connectivity index (χ0) is 17.6. The van der Waals surface area contributed by atoms with E-state index in [-0.39, 0.29) is 5.75 Å². The van der Waals surface area contributed by atoms with Crippen LogP contribution in [0.15, 0.2) is 72.8 Å². The number of carbonyl (C=O) groups excluding carboxylic acids is 1. The van der Waals surface area contributed by atoms with E-state index < -0.39 is 6.09 Å². The summed E-state index contributed by atoms with van der Waals surface area (Å²) in [7, 11) is 1.58. The zero-order valence-corrected chi connectivity index (χ0v) is 13.6. The van der Waals surface area contributed by atoms with Crippen LogP contribution >= 0.6 is 0 Å². The number of hydrogen-bond donors (Lipinski definition) is 2.